The first-order valence-electron chi connectivity index (χ1n) is 12.6. The van der Waals surface area contributed by atoms with Crippen molar-refractivity contribution in [3.8, 4) is 0 Å². The summed E-state index contributed by atoms with van der Waals surface area (Å²) in [6.07, 6.45) is -3.81. The molecule has 0 saturated carbocycles. The van der Waals surface area contributed by atoms with Crippen LogP contribution < -0.4 is 5.32 Å². The molecule has 1 aliphatic rings. The van der Waals surface area contributed by atoms with E-state index in [1.807, 2.05) is 30.3 Å². The Kier molecular flexibility index (Phi) is 8.35. The molecule has 8 heteroatoms. The quantitative estimate of drug-likeness (QED) is 0.326. The first-order valence-corrected chi connectivity index (χ1v) is 13.6. The highest BCUT2D eigenvalue weighted by molar-refractivity contribution is 7.99. The fourth-order valence-electron chi connectivity index (χ4n) is 4.97. The number of nitrogens with one attached hydrogen (secondary N) is 1. The number of nitrogens with zero attached hydrogens (tertiary/aromatic N) is 2. The number of amides is 1. The average molecular weight is 518 g/mol. The Morgan fingerprint density at radius 1 is 1.08 bits per heavy atom. The Morgan fingerprint density at radius 2 is 1.78 bits per heavy atom. The molecule has 1 aromatic heterocycles. The van der Waals surface area contributed by atoms with Gasteiger partial charge in [-0.2, -0.15) is 13.2 Å². The molecule has 1 fully saturated rings. The zero-order valence-electron chi connectivity index (χ0n) is 21.1. The summed E-state index contributed by atoms with van der Waals surface area (Å²) in [6, 6.07) is 16.2. The van der Waals surface area contributed by atoms with Crippen molar-refractivity contribution in [2.45, 2.75) is 63.8 Å². The number of rotatable bonds is 8. The summed E-state index contributed by atoms with van der Waals surface area (Å²) in [5.41, 5.74) is 3.74. The number of thioether (sulfide) groups is 1. The van der Waals surface area contributed by atoms with Crippen molar-refractivity contribution in [3.63, 3.8) is 0 Å². The number of hydrogen-bond donors (Lipinski definition) is 1. The Morgan fingerprint density at radius 3 is 2.39 bits per heavy atom. The third-order valence-corrected chi connectivity index (χ3v) is 7.71. The second-order valence-electron chi connectivity index (χ2n) is 9.72. The molecule has 0 unspecified atom stereocenters. The van der Waals surface area contributed by atoms with Gasteiger partial charge in [-0.25, -0.2) is 0 Å². The van der Waals surface area contributed by atoms with Crippen molar-refractivity contribution >= 4 is 28.6 Å². The highest BCUT2D eigenvalue weighted by atomic mass is 32.2. The van der Waals surface area contributed by atoms with Crippen molar-refractivity contribution in [1.82, 2.24) is 14.8 Å². The van der Waals surface area contributed by atoms with E-state index in [2.05, 4.69) is 53.8 Å². The van der Waals surface area contributed by atoms with Gasteiger partial charge in [-0.1, -0.05) is 19.1 Å². The van der Waals surface area contributed by atoms with Crippen LogP contribution >= 0.6 is 11.8 Å². The van der Waals surface area contributed by atoms with Crippen LogP contribution in [0.15, 0.2) is 53.4 Å². The molecule has 194 valence electrons. The lowest BCUT2D eigenvalue weighted by molar-refractivity contribution is -0.185. The lowest BCUT2D eigenvalue weighted by atomic mass is 9.96. The molecule has 2 heterocycles. The van der Waals surface area contributed by atoms with Crippen molar-refractivity contribution < 1.29 is 18.0 Å². The van der Waals surface area contributed by atoms with Crippen LogP contribution in [-0.2, 0) is 13.1 Å². The summed E-state index contributed by atoms with van der Waals surface area (Å²) in [5.74, 6) is -0.300. The Bertz CT molecular complexity index is 1180. The van der Waals surface area contributed by atoms with Gasteiger partial charge in [-0.05, 0) is 87.5 Å². The van der Waals surface area contributed by atoms with E-state index >= 15 is 0 Å². The van der Waals surface area contributed by atoms with Crippen molar-refractivity contribution in [3.05, 3.63) is 65.4 Å². The molecule has 1 N–H and O–H groups in total. The number of piperidine rings is 1. The molecule has 2 aromatic carbocycles. The number of aromatic nitrogens is 1. The monoisotopic (exact) mass is 517 g/mol. The predicted octanol–water partition coefficient (Wildman–Crippen LogP) is 7.04. The summed E-state index contributed by atoms with van der Waals surface area (Å²) in [4.78, 5) is 16.2. The van der Waals surface area contributed by atoms with Gasteiger partial charge in [0.25, 0.3) is 5.91 Å². The number of benzene rings is 2. The van der Waals surface area contributed by atoms with Crippen molar-refractivity contribution in [1.29, 1.82) is 0 Å². The first kappa shape index (κ1) is 26.6. The van der Waals surface area contributed by atoms with E-state index < -0.39 is 12.1 Å². The number of hydrogen-bond acceptors (Lipinski definition) is 3. The van der Waals surface area contributed by atoms with Crippen LogP contribution in [0.4, 0.5) is 13.2 Å². The van der Waals surface area contributed by atoms with Crippen molar-refractivity contribution in [2.75, 3.05) is 18.8 Å². The van der Waals surface area contributed by atoms with Crippen LogP contribution in [0.2, 0.25) is 0 Å². The van der Waals surface area contributed by atoms with E-state index in [-0.39, 0.29) is 24.8 Å². The lowest BCUT2D eigenvalue weighted by Crippen LogP contribution is -2.38. The second-order valence-corrected chi connectivity index (χ2v) is 11.1. The smallest absolute Gasteiger partial charge is 0.348 e. The molecule has 3 aromatic rings. The van der Waals surface area contributed by atoms with E-state index in [4.69, 9.17) is 0 Å². The summed E-state index contributed by atoms with van der Waals surface area (Å²) >= 11 is 1.79. The van der Waals surface area contributed by atoms with Gasteiger partial charge in [0.05, 0.1) is 5.92 Å². The fourth-order valence-corrected chi connectivity index (χ4v) is 5.63. The third-order valence-electron chi connectivity index (χ3n) is 6.82. The number of fused-ring (bicyclic) bond motifs is 1. The minimum absolute atomic E-state index is 0.128. The number of carbonyl (C=O) groups excluding carboxylic acids is 1. The molecule has 1 saturated heterocycles. The molecule has 0 atom stereocenters. The van der Waals surface area contributed by atoms with Gasteiger partial charge in [0.15, 0.2) is 0 Å². The highest BCUT2D eigenvalue weighted by Gasteiger charge is 2.41. The molecule has 0 bridgehead atoms. The van der Waals surface area contributed by atoms with E-state index in [0.717, 1.165) is 27.9 Å². The van der Waals surface area contributed by atoms with Crippen LogP contribution in [0, 0.1) is 5.92 Å². The summed E-state index contributed by atoms with van der Waals surface area (Å²) in [6.45, 7) is 8.26. The lowest BCUT2D eigenvalue weighted by Gasteiger charge is -2.33. The maximum absolute atomic E-state index is 13.0. The molecule has 36 heavy (non-hydrogen) atoms. The normalized spacial score (nSPS) is 15.6. The van der Waals surface area contributed by atoms with Gasteiger partial charge in [-0.15, -0.1) is 11.8 Å². The van der Waals surface area contributed by atoms with Crippen LogP contribution in [0.3, 0.4) is 0 Å². The largest absolute Gasteiger partial charge is 0.391 e. The van der Waals surface area contributed by atoms with Crippen LogP contribution in [-0.4, -0.2) is 40.4 Å². The topological polar surface area (TPSA) is 37.3 Å². The zero-order valence-corrected chi connectivity index (χ0v) is 21.9. The number of halogens is 3. The second kappa shape index (κ2) is 11.3. The Balaban J connectivity index is 1.45. The summed E-state index contributed by atoms with van der Waals surface area (Å²) in [7, 11) is 0. The molecule has 0 spiro atoms. The van der Waals surface area contributed by atoms with E-state index in [0.29, 0.717) is 31.7 Å². The number of likely N-dealkylation sites (tertiary alicyclic amines) is 1. The van der Waals surface area contributed by atoms with Gasteiger partial charge in [0.1, 0.15) is 0 Å². The van der Waals surface area contributed by atoms with E-state index in [1.54, 1.807) is 11.8 Å². The zero-order chi connectivity index (χ0) is 25.9. The molecule has 1 aliphatic heterocycles. The first-order chi connectivity index (χ1) is 17.2. The van der Waals surface area contributed by atoms with Crippen molar-refractivity contribution in [2.24, 2.45) is 5.92 Å². The maximum Gasteiger partial charge on any atom is 0.391 e. The fraction of sp³-hybridized carbons (Fsp3) is 0.464. The van der Waals surface area contributed by atoms with Gasteiger partial charge in [-0.3, -0.25) is 9.69 Å². The standard InChI is InChI=1S/C28H34F3N3OS/c1-4-36-25-8-5-20(6-9-25)17-32-27(35)21-7-10-26-22(15-21)16-24(34(26)19(2)3)18-33-13-11-23(12-14-33)28(29,30)31/h5-10,15-16,19,23H,4,11-14,17-18H2,1-3H3,(H,32,35). The number of carbonyl (C=O) groups is 1. The molecule has 0 aliphatic carbocycles. The minimum atomic E-state index is -4.10. The third kappa shape index (κ3) is 6.27. The molecule has 1 amide bonds. The average Bonchev–Trinajstić information content (AvgIpc) is 3.20. The van der Waals surface area contributed by atoms with E-state index in [9.17, 15) is 18.0 Å². The summed E-state index contributed by atoms with van der Waals surface area (Å²) < 4.78 is 41.4. The maximum atomic E-state index is 13.0. The summed E-state index contributed by atoms with van der Waals surface area (Å²) in [5, 5.41) is 3.97. The molecule has 4 rings (SSSR count). The minimum Gasteiger partial charge on any atom is -0.348 e. The van der Waals surface area contributed by atoms with Crippen LogP contribution in [0.25, 0.3) is 10.9 Å². The molecular formula is C28H34F3N3OS. The predicted molar refractivity (Wildman–Crippen MR) is 140 cm³/mol. The Hall–Kier alpha value is -2.45. The van der Waals surface area contributed by atoms with Gasteiger partial charge >= 0.3 is 6.18 Å². The number of alkyl halides is 3. The highest BCUT2D eigenvalue weighted by Crippen LogP contribution is 2.35. The SMILES string of the molecule is CCSc1ccc(CNC(=O)c2ccc3c(c2)cc(CN2CCC(C(F)(F)F)CC2)n3C(C)C)cc1. The van der Waals surface area contributed by atoms with Crippen LogP contribution in [0.1, 0.15) is 61.3 Å². The van der Waals surface area contributed by atoms with Gasteiger partial charge in [0.2, 0.25) is 0 Å². The molecule has 4 nitrogen and oxygen atoms in total. The molecule has 0 radical (unpaired) electrons. The van der Waals surface area contributed by atoms with E-state index in [1.165, 1.54) is 4.90 Å². The van der Waals surface area contributed by atoms with Crippen LogP contribution in [0.5, 0.6) is 0 Å². The van der Waals surface area contributed by atoms with Gasteiger partial charge < -0.3 is 9.88 Å². The molecular weight excluding hydrogens is 483 g/mol. The Labute approximate surface area is 215 Å². The van der Waals surface area contributed by atoms with Gasteiger partial charge in [0, 0.05) is 46.2 Å².